The van der Waals surface area contributed by atoms with Gasteiger partial charge in [0.05, 0.1) is 21.9 Å². The van der Waals surface area contributed by atoms with Crippen molar-refractivity contribution in [1.82, 2.24) is 0 Å². The van der Waals surface area contributed by atoms with Crippen LogP contribution in [0.4, 0.5) is 22.7 Å². The molecule has 0 heterocycles. The number of allylic oxidation sites excluding steroid dienone is 1. The Labute approximate surface area is 174 Å². The van der Waals surface area contributed by atoms with Gasteiger partial charge in [-0.25, -0.2) is 0 Å². The van der Waals surface area contributed by atoms with Gasteiger partial charge in [-0.3, -0.25) is 14.9 Å². The highest BCUT2D eigenvalue weighted by molar-refractivity contribution is 6.09. The molecular formula is C23H20N4O3. The number of anilines is 1. The molecule has 3 aromatic carbocycles. The van der Waals surface area contributed by atoms with Gasteiger partial charge in [-0.2, -0.15) is 10.2 Å². The van der Waals surface area contributed by atoms with Gasteiger partial charge >= 0.3 is 0 Å². The van der Waals surface area contributed by atoms with Gasteiger partial charge in [-0.1, -0.05) is 30.3 Å². The number of nitro benzene ring substituents is 1. The van der Waals surface area contributed by atoms with Gasteiger partial charge in [0.25, 0.3) is 5.69 Å². The molecule has 0 radical (unpaired) electrons. The summed E-state index contributed by atoms with van der Waals surface area (Å²) in [4.78, 5) is 24.8. The molecule has 0 N–H and O–H groups in total. The number of nitro groups is 1. The second-order valence-corrected chi connectivity index (χ2v) is 6.67. The molecule has 3 aromatic rings. The van der Waals surface area contributed by atoms with Crippen LogP contribution in [-0.2, 0) is 0 Å². The maximum absolute atomic E-state index is 12.3. The standard InChI is InChI=1S/C23H20N4O3/c1-26(2)20-14-12-19(13-15-20)25-24-18-10-7-17(8-11-18)9-16-23(28)21-5-3-4-6-22(21)27(29)30/h3-16H,1-2H3/b16-9+,25-24+. The minimum atomic E-state index is -0.561. The number of carbonyl (C=O) groups excluding carboxylic acids is 1. The molecule has 0 unspecified atom stereocenters. The van der Waals surface area contributed by atoms with Gasteiger partial charge in [0.1, 0.15) is 0 Å². The first-order chi connectivity index (χ1) is 14.4. The van der Waals surface area contributed by atoms with Gasteiger partial charge in [0.2, 0.25) is 0 Å². The Hall–Kier alpha value is -4.13. The van der Waals surface area contributed by atoms with Crippen molar-refractivity contribution < 1.29 is 9.72 Å². The molecule has 0 aliphatic heterocycles. The predicted molar refractivity (Wildman–Crippen MR) is 118 cm³/mol. The third-order valence-corrected chi connectivity index (χ3v) is 4.33. The average molecular weight is 400 g/mol. The van der Waals surface area contributed by atoms with Crippen molar-refractivity contribution in [2.75, 3.05) is 19.0 Å². The fourth-order valence-electron chi connectivity index (χ4n) is 2.69. The molecule has 7 heteroatoms. The van der Waals surface area contributed by atoms with Crippen molar-refractivity contribution in [1.29, 1.82) is 0 Å². The number of carbonyl (C=O) groups is 1. The van der Waals surface area contributed by atoms with E-state index in [1.807, 2.05) is 43.3 Å². The summed E-state index contributed by atoms with van der Waals surface area (Å²) in [6, 6.07) is 20.8. The number of benzene rings is 3. The largest absolute Gasteiger partial charge is 0.378 e. The predicted octanol–water partition coefficient (Wildman–Crippen LogP) is 5.97. The Bertz CT molecular complexity index is 1100. The minimum Gasteiger partial charge on any atom is -0.378 e. The molecule has 0 amide bonds. The topological polar surface area (TPSA) is 88.2 Å². The van der Waals surface area contributed by atoms with Crippen LogP contribution in [-0.4, -0.2) is 24.8 Å². The molecular weight excluding hydrogens is 380 g/mol. The number of ketones is 1. The summed E-state index contributed by atoms with van der Waals surface area (Å²) < 4.78 is 0. The van der Waals surface area contributed by atoms with E-state index in [1.165, 1.54) is 24.3 Å². The first kappa shape index (κ1) is 20.6. The van der Waals surface area contributed by atoms with E-state index in [4.69, 9.17) is 0 Å². The number of azo groups is 1. The fraction of sp³-hybridized carbons (Fsp3) is 0.0870. The van der Waals surface area contributed by atoms with Crippen molar-refractivity contribution in [3.8, 4) is 0 Å². The van der Waals surface area contributed by atoms with Crippen molar-refractivity contribution in [3.05, 3.63) is 100 Å². The molecule has 0 saturated heterocycles. The SMILES string of the molecule is CN(C)c1ccc(/N=N/c2ccc(/C=C/C(=O)c3ccccc3[N+](=O)[O-])cc2)cc1. The molecule has 7 nitrogen and oxygen atoms in total. The van der Waals surface area contributed by atoms with E-state index in [0.29, 0.717) is 5.69 Å². The molecule has 30 heavy (non-hydrogen) atoms. The van der Waals surface area contributed by atoms with Gasteiger partial charge in [-0.05, 0) is 54.1 Å². The molecule has 0 aromatic heterocycles. The van der Waals surface area contributed by atoms with E-state index in [1.54, 1.807) is 36.4 Å². The lowest BCUT2D eigenvalue weighted by molar-refractivity contribution is -0.385. The van der Waals surface area contributed by atoms with E-state index in [0.717, 1.165) is 16.9 Å². The van der Waals surface area contributed by atoms with Gasteiger partial charge < -0.3 is 4.90 Å². The van der Waals surface area contributed by atoms with Crippen molar-refractivity contribution in [2.45, 2.75) is 0 Å². The first-order valence-corrected chi connectivity index (χ1v) is 9.19. The van der Waals surface area contributed by atoms with Crippen LogP contribution in [0.3, 0.4) is 0 Å². The summed E-state index contributed by atoms with van der Waals surface area (Å²) in [6.45, 7) is 0. The lowest BCUT2D eigenvalue weighted by Gasteiger charge is -2.11. The lowest BCUT2D eigenvalue weighted by atomic mass is 10.1. The zero-order valence-corrected chi connectivity index (χ0v) is 16.6. The number of para-hydroxylation sites is 1. The molecule has 0 bridgehead atoms. The summed E-state index contributed by atoms with van der Waals surface area (Å²) in [5, 5.41) is 19.5. The van der Waals surface area contributed by atoms with Crippen LogP contribution in [0.25, 0.3) is 6.08 Å². The van der Waals surface area contributed by atoms with Crippen LogP contribution in [0.1, 0.15) is 15.9 Å². The van der Waals surface area contributed by atoms with Gasteiger partial charge in [0.15, 0.2) is 5.78 Å². The molecule has 3 rings (SSSR count). The Morgan fingerprint density at radius 1 is 0.900 bits per heavy atom. The quantitative estimate of drug-likeness (QED) is 0.161. The van der Waals surface area contributed by atoms with Crippen LogP contribution >= 0.6 is 0 Å². The first-order valence-electron chi connectivity index (χ1n) is 9.19. The summed E-state index contributed by atoms with van der Waals surface area (Å²) in [7, 11) is 3.95. The van der Waals surface area contributed by atoms with Crippen LogP contribution in [0, 0.1) is 10.1 Å². The van der Waals surface area contributed by atoms with Gasteiger partial charge in [-0.15, -0.1) is 0 Å². The highest BCUT2D eigenvalue weighted by Gasteiger charge is 2.16. The van der Waals surface area contributed by atoms with E-state index in [-0.39, 0.29) is 11.3 Å². The summed E-state index contributed by atoms with van der Waals surface area (Å²) in [5.41, 5.74) is 3.14. The summed E-state index contributed by atoms with van der Waals surface area (Å²) in [5.74, 6) is -0.424. The molecule has 0 spiro atoms. The second-order valence-electron chi connectivity index (χ2n) is 6.67. The van der Waals surface area contributed by atoms with E-state index in [2.05, 4.69) is 10.2 Å². The van der Waals surface area contributed by atoms with Gasteiger partial charge in [0, 0.05) is 25.8 Å². The Kier molecular flexibility index (Phi) is 6.44. The molecule has 0 fully saturated rings. The molecule has 0 aliphatic carbocycles. The van der Waals surface area contributed by atoms with Crippen LogP contribution < -0.4 is 4.90 Å². The van der Waals surface area contributed by atoms with Crippen LogP contribution in [0.2, 0.25) is 0 Å². The zero-order chi connectivity index (χ0) is 21.5. The smallest absolute Gasteiger partial charge is 0.280 e. The minimum absolute atomic E-state index is 0.0597. The highest BCUT2D eigenvalue weighted by atomic mass is 16.6. The highest BCUT2D eigenvalue weighted by Crippen LogP contribution is 2.22. The maximum atomic E-state index is 12.3. The molecule has 0 aliphatic rings. The number of rotatable bonds is 7. The fourth-order valence-corrected chi connectivity index (χ4v) is 2.69. The molecule has 150 valence electrons. The zero-order valence-electron chi connectivity index (χ0n) is 16.6. The van der Waals surface area contributed by atoms with Crippen molar-refractivity contribution >= 4 is 34.6 Å². The Morgan fingerprint density at radius 2 is 1.47 bits per heavy atom. The third kappa shape index (κ3) is 5.23. The number of hydrogen-bond donors (Lipinski definition) is 0. The monoisotopic (exact) mass is 400 g/mol. The summed E-state index contributed by atoms with van der Waals surface area (Å²) in [6.07, 6.45) is 2.94. The van der Waals surface area contributed by atoms with E-state index >= 15 is 0 Å². The number of hydrogen-bond acceptors (Lipinski definition) is 6. The van der Waals surface area contributed by atoms with Crippen LogP contribution in [0.5, 0.6) is 0 Å². The normalized spacial score (nSPS) is 11.1. The third-order valence-electron chi connectivity index (χ3n) is 4.33. The average Bonchev–Trinajstić information content (AvgIpc) is 2.77. The van der Waals surface area contributed by atoms with Crippen molar-refractivity contribution in [2.24, 2.45) is 10.2 Å². The summed E-state index contributed by atoms with van der Waals surface area (Å²) >= 11 is 0. The Balaban J connectivity index is 1.67. The van der Waals surface area contributed by atoms with Crippen LogP contribution in [0.15, 0.2) is 89.1 Å². The lowest BCUT2D eigenvalue weighted by Crippen LogP contribution is -2.07. The number of nitrogens with zero attached hydrogens (tertiary/aromatic N) is 4. The molecule has 0 saturated carbocycles. The van der Waals surface area contributed by atoms with Crippen molar-refractivity contribution in [3.63, 3.8) is 0 Å². The molecule has 0 atom stereocenters. The van der Waals surface area contributed by atoms with E-state index < -0.39 is 10.7 Å². The Morgan fingerprint density at radius 3 is 2.03 bits per heavy atom. The second kappa shape index (κ2) is 9.38. The van der Waals surface area contributed by atoms with E-state index in [9.17, 15) is 14.9 Å². The maximum Gasteiger partial charge on any atom is 0.280 e.